The van der Waals surface area contributed by atoms with E-state index in [0.717, 1.165) is 37.1 Å². The largest absolute Gasteiger partial charge is 0.352 e. The molecule has 270 valence electrons. The van der Waals surface area contributed by atoms with Gasteiger partial charge >= 0.3 is 0 Å². The first-order valence-electron chi connectivity index (χ1n) is 19.7. The molecule has 2 aromatic carbocycles. The molecular formula is C42H70N4O2. The van der Waals surface area contributed by atoms with E-state index in [1.165, 1.54) is 116 Å². The molecule has 0 spiro atoms. The maximum Gasteiger partial charge on any atom is 0.251 e. The number of hydrogen-bond acceptors (Lipinski definition) is 4. The van der Waals surface area contributed by atoms with Gasteiger partial charge in [-0.3, -0.25) is 9.59 Å². The Labute approximate surface area is 294 Å². The van der Waals surface area contributed by atoms with E-state index in [0.29, 0.717) is 24.2 Å². The van der Waals surface area contributed by atoms with Crippen molar-refractivity contribution >= 4 is 11.8 Å². The minimum Gasteiger partial charge on any atom is -0.352 e. The molecule has 0 aliphatic rings. The Morgan fingerprint density at radius 1 is 0.417 bits per heavy atom. The fourth-order valence-electron chi connectivity index (χ4n) is 6.21. The molecule has 6 heteroatoms. The predicted octanol–water partition coefficient (Wildman–Crippen LogP) is 9.74. The molecule has 0 bridgehead atoms. The minimum absolute atomic E-state index is 0.0189. The number of carbonyl (C=O) groups is 2. The molecule has 48 heavy (non-hydrogen) atoms. The Kier molecular flexibility index (Phi) is 23.5. The number of carbonyl (C=O) groups excluding carboxylic acids is 2. The van der Waals surface area contributed by atoms with Gasteiger partial charge in [-0.05, 0) is 113 Å². The zero-order chi connectivity index (χ0) is 34.7. The molecular weight excluding hydrogens is 592 g/mol. The van der Waals surface area contributed by atoms with Crippen molar-refractivity contribution in [1.82, 2.24) is 20.4 Å². The average molecular weight is 663 g/mol. The van der Waals surface area contributed by atoms with Crippen molar-refractivity contribution in [3.8, 4) is 11.1 Å². The highest BCUT2D eigenvalue weighted by molar-refractivity contribution is 5.95. The summed E-state index contributed by atoms with van der Waals surface area (Å²) in [5.41, 5.74) is 3.43. The van der Waals surface area contributed by atoms with Crippen molar-refractivity contribution < 1.29 is 9.59 Å². The van der Waals surface area contributed by atoms with Crippen LogP contribution in [0.1, 0.15) is 151 Å². The highest BCUT2D eigenvalue weighted by Crippen LogP contribution is 2.21. The first-order chi connectivity index (χ1) is 23.5. The molecule has 0 saturated heterocycles. The van der Waals surface area contributed by atoms with Crippen LogP contribution in [0.5, 0.6) is 0 Å². The van der Waals surface area contributed by atoms with Gasteiger partial charge in [0.15, 0.2) is 0 Å². The van der Waals surface area contributed by atoms with E-state index in [1.54, 1.807) is 0 Å². The van der Waals surface area contributed by atoms with E-state index >= 15 is 0 Å². The van der Waals surface area contributed by atoms with Crippen molar-refractivity contribution in [1.29, 1.82) is 0 Å². The summed E-state index contributed by atoms with van der Waals surface area (Å²) in [4.78, 5) is 30.8. The van der Waals surface area contributed by atoms with Gasteiger partial charge in [0.1, 0.15) is 0 Å². The second kappa shape index (κ2) is 27.2. The average Bonchev–Trinajstić information content (AvgIpc) is 3.11. The molecule has 0 heterocycles. The molecule has 0 unspecified atom stereocenters. The SMILES string of the molecule is CCCCCCN(CCCCC)CCCNC(=O)c1ccc(-c2ccc(C(=O)NCCCN(CCCCC)CCCCCC)cc2)cc1. The number of benzene rings is 2. The second-order valence-electron chi connectivity index (χ2n) is 13.6. The van der Waals surface area contributed by atoms with Crippen LogP contribution in [0.3, 0.4) is 0 Å². The Morgan fingerprint density at radius 2 is 0.708 bits per heavy atom. The summed E-state index contributed by atoms with van der Waals surface area (Å²) >= 11 is 0. The van der Waals surface area contributed by atoms with Gasteiger partial charge in [-0.25, -0.2) is 0 Å². The van der Waals surface area contributed by atoms with Crippen molar-refractivity contribution in [2.24, 2.45) is 0 Å². The van der Waals surface area contributed by atoms with Gasteiger partial charge in [0, 0.05) is 24.2 Å². The molecule has 2 aromatic rings. The summed E-state index contributed by atoms with van der Waals surface area (Å²) in [7, 11) is 0. The monoisotopic (exact) mass is 663 g/mol. The quantitative estimate of drug-likeness (QED) is 0.0852. The molecule has 0 aliphatic carbocycles. The normalized spacial score (nSPS) is 11.4. The number of hydrogen-bond donors (Lipinski definition) is 2. The van der Waals surface area contributed by atoms with Crippen molar-refractivity contribution in [2.75, 3.05) is 52.4 Å². The zero-order valence-corrected chi connectivity index (χ0v) is 31.3. The molecule has 0 atom stereocenters. The summed E-state index contributed by atoms with van der Waals surface area (Å²) < 4.78 is 0. The fourth-order valence-corrected chi connectivity index (χ4v) is 6.21. The maximum absolute atomic E-state index is 12.8. The standard InChI is InChI=1S/C42H70N4O2/c1-5-9-13-17-33-45(31-15-11-7-3)35-19-29-43-41(47)39-25-21-37(22-26-39)38-23-27-40(28-24-38)42(48)44-30-20-36-46(32-16-12-8-4)34-18-14-10-6-2/h21-28H,5-20,29-36H2,1-4H3,(H,43,47)(H,44,48). The summed E-state index contributed by atoms with van der Waals surface area (Å²) in [6.07, 6.45) is 19.9. The Morgan fingerprint density at radius 3 is 1.04 bits per heavy atom. The highest BCUT2D eigenvalue weighted by atomic mass is 16.2. The number of unbranched alkanes of at least 4 members (excludes halogenated alkanes) is 10. The van der Waals surface area contributed by atoms with Gasteiger partial charge in [0.2, 0.25) is 0 Å². The second-order valence-corrected chi connectivity index (χ2v) is 13.6. The lowest BCUT2D eigenvalue weighted by Gasteiger charge is -2.22. The van der Waals surface area contributed by atoms with Gasteiger partial charge in [-0.15, -0.1) is 0 Å². The summed E-state index contributed by atoms with van der Waals surface area (Å²) in [5.74, 6) is -0.0377. The molecule has 0 saturated carbocycles. The van der Waals surface area contributed by atoms with Crippen molar-refractivity contribution in [2.45, 2.75) is 130 Å². The third kappa shape index (κ3) is 18.2. The Hall–Kier alpha value is -2.70. The van der Waals surface area contributed by atoms with Crippen LogP contribution in [-0.2, 0) is 0 Å². The van der Waals surface area contributed by atoms with E-state index < -0.39 is 0 Å². The minimum atomic E-state index is -0.0189. The van der Waals surface area contributed by atoms with E-state index in [9.17, 15) is 9.59 Å². The van der Waals surface area contributed by atoms with Gasteiger partial charge in [-0.1, -0.05) is 116 Å². The van der Waals surface area contributed by atoms with Crippen molar-refractivity contribution in [3.05, 3.63) is 59.7 Å². The van der Waals surface area contributed by atoms with Crippen LogP contribution in [0.2, 0.25) is 0 Å². The van der Waals surface area contributed by atoms with E-state index in [4.69, 9.17) is 0 Å². The van der Waals surface area contributed by atoms with Crippen LogP contribution < -0.4 is 10.6 Å². The van der Waals surface area contributed by atoms with E-state index in [1.807, 2.05) is 48.5 Å². The molecule has 2 rings (SSSR count). The molecule has 2 N–H and O–H groups in total. The lowest BCUT2D eigenvalue weighted by Crippen LogP contribution is -2.31. The first-order valence-corrected chi connectivity index (χ1v) is 19.7. The van der Waals surface area contributed by atoms with Crippen LogP contribution in [-0.4, -0.2) is 74.0 Å². The number of nitrogens with zero attached hydrogens (tertiary/aromatic N) is 2. The molecule has 6 nitrogen and oxygen atoms in total. The summed E-state index contributed by atoms with van der Waals surface area (Å²) in [6.45, 7) is 17.2. The third-order valence-electron chi connectivity index (χ3n) is 9.31. The highest BCUT2D eigenvalue weighted by Gasteiger charge is 2.10. The lowest BCUT2D eigenvalue weighted by atomic mass is 10.0. The van der Waals surface area contributed by atoms with Crippen LogP contribution in [0.15, 0.2) is 48.5 Å². The smallest absolute Gasteiger partial charge is 0.251 e. The number of rotatable bonds is 29. The maximum atomic E-state index is 12.8. The Balaban J connectivity index is 1.76. The van der Waals surface area contributed by atoms with E-state index in [2.05, 4.69) is 48.1 Å². The lowest BCUT2D eigenvalue weighted by molar-refractivity contribution is 0.0943. The summed E-state index contributed by atoms with van der Waals surface area (Å²) in [6, 6.07) is 15.5. The van der Waals surface area contributed by atoms with Crippen LogP contribution in [0, 0.1) is 0 Å². The first kappa shape index (κ1) is 41.5. The van der Waals surface area contributed by atoms with Crippen LogP contribution >= 0.6 is 0 Å². The van der Waals surface area contributed by atoms with E-state index in [-0.39, 0.29) is 11.8 Å². The third-order valence-corrected chi connectivity index (χ3v) is 9.31. The van der Waals surface area contributed by atoms with Gasteiger partial charge in [0.25, 0.3) is 11.8 Å². The zero-order valence-electron chi connectivity index (χ0n) is 31.3. The molecule has 0 fully saturated rings. The molecule has 2 amide bonds. The van der Waals surface area contributed by atoms with Crippen LogP contribution in [0.4, 0.5) is 0 Å². The predicted molar refractivity (Wildman–Crippen MR) is 206 cm³/mol. The van der Waals surface area contributed by atoms with Crippen molar-refractivity contribution in [3.63, 3.8) is 0 Å². The molecule has 0 radical (unpaired) electrons. The number of amides is 2. The van der Waals surface area contributed by atoms with Gasteiger partial charge in [0.05, 0.1) is 0 Å². The van der Waals surface area contributed by atoms with Crippen LogP contribution in [0.25, 0.3) is 11.1 Å². The number of nitrogens with one attached hydrogen (secondary N) is 2. The topological polar surface area (TPSA) is 64.7 Å². The van der Waals surface area contributed by atoms with Gasteiger partial charge in [-0.2, -0.15) is 0 Å². The summed E-state index contributed by atoms with van der Waals surface area (Å²) in [5, 5.41) is 6.23. The Bertz CT molecular complexity index is 998. The molecule has 0 aliphatic heterocycles. The van der Waals surface area contributed by atoms with Gasteiger partial charge < -0.3 is 20.4 Å². The fraction of sp³-hybridized carbons (Fsp3) is 0.667. The molecule has 0 aromatic heterocycles.